The quantitative estimate of drug-likeness (QED) is 0.484. The lowest BCUT2D eigenvalue weighted by Crippen LogP contribution is -2.05. The van der Waals surface area contributed by atoms with Crippen molar-refractivity contribution >= 4 is 0 Å². The summed E-state index contributed by atoms with van der Waals surface area (Å²) in [7, 11) is 1.16. The molecule has 0 spiro atoms. The van der Waals surface area contributed by atoms with Crippen molar-refractivity contribution in [3.8, 4) is 0 Å². The minimum Gasteiger partial charge on any atom is -0.350 e. The molecule has 0 N–H and O–H groups in total. The number of alkyl halides is 1. The zero-order valence-electron chi connectivity index (χ0n) is 3.48. The van der Waals surface area contributed by atoms with E-state index in [0.29, 0.717) is 0 Å². The van der Waals surface area contributed by atoms with Gasteiger partial charge in [-0.15, -0.1) is 0 Å². The summed E-state index contributed by atoms with van der Waals surface area (Å²) in [6, 6.07) is 0. The van der Waals surface area contributed by atoms with Crippen molar-refractivity contribution < 1.29 is 14.2 Å². The highest BCUT2D eigenvalue weighted by molar-refractivity contribution is 4.26. The molecule has 1 atom stereocenters. The minimum atomic E-state index is -1.62. The molecule has 3 heteroatoms. The topological polar surface area (TPSA) is 29.1 Å². The van der Waals surface area contributed by atoms with Crippen molar-refractivity contribution in [2.75, 3.05) is 13.7 Å². The molecule has 0 saturated carbocycles. The SMILES string of the molecule is COC(F)C[O]. The molecule has 0 aromatic rings. The normalized spacial score (nSPS) is 14.5. The van der Waals surface area contributed by atoms with E-state index in [1.165, 1.54) is 0 Å². The Morgan fingerprint density at radius 2 is 2.50 bits per heavy atom. The molecule has 1 radical (unpaired) electrons. The molecule has 0 aliphatic rings. The Balaban J connectivity index is 2.75. The fourth-order valence-electron chi connectivity index (χ4n) is 0.0680. The van der Waals surface area contributed by atoms with E-state index in [2.05, 4.69) is 4.74 Å². The van der Waals surface area contributed by atoms with E-state index in [-0.39, 0.29) is 0 Å². The van der Waals surface area contributed by atoms with Crippen LogP contribution in [0.3, 0.4) is 0 Å². The maximum atomic E-state index is 11.3. The highest BCUT2D eigenvalue weighted by Crippen LogP contribution is 1.85. The van der Waals surface area contributed by atoms with Crippen LogP contribution in [0.5, 0.6) is 0 Å². The van der Waals surface area contributed by atoms with Crippen LogP contribution >= 0.6 is 0 Å². The lowest BCUT2D eigenvalue weighted by molar-refractivity contribution is -0.0615. The van der Waals surface area contributed by atoms with Gasteiger partial charge in [0.2, 0.25) is 6.36 Å². The molecular weight excluding hydrogens is 87.0 g/mol. The molecule has 1 unspecified atom stereocenters. The first-order chi connectivity index (χ1) is 2.81. The molecule has 0 amide bonds. The van der Waals surface area contributed by atoms with E-state index in [9.17, 15) is 9.50 Å². The average Bonchev–Trinajstić information content (AvgIpc) is 1.65. The highest BCUT2D eigenvalue weighted by Gasteiger charge is 1.97. The van der Waals surface area contributed by atoms with E-state index >= 15 is 0 Å². The third-order valence-electron chi connectivity index (χ3n) is 0.387. The summed E-state index contributed by atoms with van der Waals surface area (Å²) in [5.74, 6) is 0. The van der Waals surface area contributed by atoms with Gasteiger partial charge in [0.15, 0.2) is 0 Å². The van der Waals surface area contributed by atoms with Crippen LogP contribution in [-0.4, -0.2) is 20.1 Å². The summed E-state index contributed by atoms with van der Waals surface area (Å²) in [6.45, 7) is -0.809. The van der Waals surface area contributed by atoms with Gasteiger partial charge in [0, 0.05) is 7.11 Å². The molecule has 0 saturated heterocycles. The Morgan fingerprint density at radius 1 is 2.00 bits per heavy atom. The highest BCUT2D eigenvalue weighted by atomic mass is 19.1. The van der Waals surface area contributed by atoms with E-state index in [0.717, 1.165) is 7.11 Å². The number of hydrogen-bond acceptors (Lipinski definition) is 1. The van der Waals surface area contributed by atoms with Crippen LogP contribution in [0.4, 0.5) is 4.39 Å². The van der Waals surface area contributed by atoms with Crippen molar-refractivity contribution in [1.29, 1.82) is 0 Å². The lowest BCUT2D eigenvalue weighted by Gasteiger charge is -1.94. The van der Waals surface area contributed by atoms with Gasteiger partial charge in [-0.3, -0.25) is 0 Å². The second-order valence-corrected chi connectivity index (χ2v) is 0.812. The van der Waals surface area contributed by atoms with Crippen molar-refractivity contribution in [3.63, 3.8) is 0 Å². The monoisotopic (exact) mass is 93.0 g/mol. The summed E-state index contributed by atoms with van der Waals surface area (Å²) >= 11 is 0. The fourth-order valence-corrected chi connectivity index (χ4v) is 0.0680. The van der Waals surface area contributed by atoms with Crippen molar-refractivity contribution in [2.24, 2.45) is 0 Å². The first-order valence-electron chi connectivity index (χ1n) is 1.56. The van der Waals surface area contributed by atoms with Gasteiger partial charge in [-0.2, -0.15) is 0 Å². The molecule has 0 fully saturated rings. The first kappa shape index (κ1) is 5.85. The molecule has 6 heavy (non-hydrogen) atoms. The predicted molar refractivity (Wildman–Crippen MR) is 17.5 cm³/mol. The van der Waals surface area contributed by atoms with Gasteiger partial charge in [0.25, 0.3) is 0 Å². The number of methoxy groups -OCH3 is 1. The van der Waals surface area contributed by atoms with Crippen LogP contribution in [-0.2, 0) is 9.84 Å². The number of halogens is 1. The summed E-state index contributed by atoms with van der Waals surface area (Å²) in [5, 5.41) is 9.36. The summed E-state index contributed by atoms with van der Waals surface area (Å²) in [5.41, 5.74) is 0. The second-order valence-electron chi connectivity index (χ2n) is 0.812. The smallest absolute Gasteiger partial charge is 0.225 e. The Bertz CT molecular complexity index is 28.0. The Hall–Kier alpha value is -0.150. The summed E-state index contributed by atoms with van der Waals surface area (Å²) < 4.78 is 15.2. The molecule has 0 rings (SSSR count). The minimum absolute atomic E-state index is 0.809. The number of rotatable bonds is 2. The average molecular weight is 93.1 g/mol. The molecule has 0 aliphatic carbocycles. The Morgan fingerprint density at radius 3 is 2.50 bits per heavy atom. The van der Waals surface area contributed by atoms with Gasteiger partial charge in [0.05, 0.1) is 0 Å². The molecule has 0 bridgehead atoms. The van der Waals surface area contributed by atoms with Gasteiger partial charge < -0.3 is 4.74 Å². The Labute approximate surface area is 35.5 Å². The van der Waals surface area contributed by atoms with E-state index in [1.54, 1.807) is 0 Å². The molecule has 0 aliphatic heterocycles. The van der Waals surface area contributed by atoms with E-state index in [1.807, 2.05) is 0 Å². The number of hydrogen-bond donors (Lipinski definition) is 0. The third kappa shape index (κ3) is 2.11. The third-order valence-corrected chi connectivity index (χ3v) is 0.387. The maximum Gasteiger partial charge on any atom is 0.225 e. The molecule has 0 aromatic heterocycles. The Kier molecular flexibility index (Phi) is 2.98. The first-order valence-corrected chi connectivity index (χ1v) is 1.56. The molecule has 0 aromatic carbocycles. The van der Waals surface area contributed by atoms with Crippen LogP contribution in [0.1, 0.15) is 0 Å². The van der Waals surface area contributed by atoms with Gasteiger partial charge in [-0.1, -0.05) is 0 Å². The fraction of sp³-hybridized carbons (Fsp3) is 1.00. The molecular formula is C3H6FO2. The number of ether oxygens (including phenoxy) is 1. The summed E-state index contributed by atoms with van der Waals surface area (Å²) in [6.07, 6.45) is -1.62. The van der Waals surface area contributed by atoms with Crippen LogP contribution < -0.4 is 0 Å². The van der Waals surface area contributed by atoms with Gasteiger partial charge in [0.1, 0.15) is 6.61 Å². The van der Waals surface area contributed by atoms with Crippen molar-refractivity contribution in [2.45, 2.75) is 6.36 Å². The zero-order chi connectivity index (χ0) is 4.99. The van der Waals surface area contributed by atoms with Gasteiger partial charge in [-0.25, -0.2) is 9.50 Å². The molecule has 0 heterocycles. The van der Waals surface area contributed by atoms with Crippen LogP contribution in [0, 0.1) is 0 Å². The van der Waals surface area contributed by atoms with Crippen LogP contribution in [0.2, 0.25) is 0 Å². The maximum absolute atomic E-state index is 11.3. The van der Waals surface area contributed by atoms with Gasteiger partial charge in [-0.05, 0) is 0 Å². The zero-order valence-corrected chi connectivity index (χ0v) is 3.48. The van der Waals surface area contributed by atoms with E-state index < -0.39 is 13.0 Å². The van der Waals surface area contributed by atoms with E-state index in [4.69, 9.17) is 0 Å². The van der Waals surface area contributed by atoms with Crippen molar-refractivity contribution in [3.05, 3.63) is 0 Å². The molecule has 2 nitrogen and oxygen atoms in total. The van der Waals surface area contributed by atoms with Gasteiger partial charge >= 0.3 is 0 Å². The van der Waals surface area contributed by atoms with Crippen LogP contribution in [0.15, 0.2) is 0 Å². The van der Waals surface area contributed by atoms with Crippen LogP contribution in [0.25, 0.3) is 0 Å². The lowest BCUT2D eigenvalue weighted by atomic mass is 10.7. The molecule has 37 valence electrons. The summed E-state index contributed by atoms with van der Waals surface area (Å²) in [4.78, 5) is 0. The van der Waals surface area contributed by atoms with Crippen molar-refractivity contribution in [1.82, 2.24) is 0 Å². The standard InChI is InChI=1S/C3H6FO2/c1-6-3(4)2-5/h3H,2H2,1H3. The largest absolute Gasteiger partial charge is 0.350 e. The second kappa shape index (κ2) is 3.06. The predicted octanol–water partition coefficient (Wildman–Crippen LogP) is 0.359.